The van der Waals surface area contributed by atoms with E-state index in [-0.39, 0.29) is 17.9 Å². The van der Waals surface area contributed by atoms with Crippen molar-refractivity contribution in [2.45, 2.75) is 13.8 Å². The van der Waals surface area contributed by atoms with Gasteiger partial charge in [-0.15, -0.1) is 0 Å². The number of carbonyl (C=O) groups excluding carboxylic acids is 1. The lowest BCUT2D eigenvalue weighted by atomic mass is 10.1. The fourth-order valence-corrected chi connectivity index (χ4v) is 3.21. The molecule has 126 valence electrons. The van der Waals surface area contributed by atoms with Gasteiger partial charge in [-0.1, -0.05) is 31.9 Å². The lowest BCUT2D eigenvalue weighted by Gasteiger charge is -2.13. The van der Waals surface area contributed by atoms with E-state index in [0.717, 1.165) is 15.6 Å². The lowest BCUT2D eigenvalue weighted by Crippen LogP contribution is -2.19. The average molecular weight is 458 g/mol. The quantitative estimate of drug-likeness (QED) is 0.528. The van der Waals surface area contributed by atoms with Crippen LogP contribution >= 0.6 is 31.9 Å². The van der Waals surface area contributed by atoms with E-state index in [1.165, 1.54) is 12.1 Å². The van der Waals surface area contributed by atoms with Crippen LogP contribution < -0.4 is 9.47 Å². The fraction of sp³-hybridized carbons (Fsp3) is 0.176. The smallest absolute Gasteiger partial charge is 0.349 e. The van der Waals surface area contributed by atoms with E-state index in [2.05, 4.69) is 31.9 Å². The summed E-state index contributed by atoms with van der Waals surface area (Å²) in [5.41, 5.74) is 1.66. The van der Waals surface area contributed by atoms with Crippen LogP contribution in [0.3, 0.4) is 0 Å². The highest BCUT2D eigenvalue weighted by Gasteiger charge is 2.16. The van der Waals surface area contributed by atoms with Crippen LogP contribution in [0, 0.1) is 13.8 Å². The molecule has 5 nitrogen and oxygen atoms in total. The van der Waals surface area contributed by atoms with E-state index in [9.17, 15) is 9.59 Å². The van der Waals surface area contributed by atoms with Gasteiger partial charge in [-0.05, 0) is 55.3 Å². The third-order valence-corrected chi connectivity index (χ3v) is 4.11. The summed E-state index contributed by atoms with van der Waals surface area (Å²) in [5, 5.41) is 9.16. The number of carboxylic acid groups (broad SMARTS) is 1. The molecule has 2 aromatic rings. The largest absolute Gasteiger partial charge is 0.481 e. The maximum Gasteiger partial charge on any atom is 0.349 e. The highest BCUT2D eigenvalue weighted by Crippen LogP contribution is 2.27. The van der Waals surface area contributed by atoms with Crippen molar-refractivity contribution in [3.05, 3.63) is 56.0 Å². The zero-order valence-electron chi connectivity index (χ0n) is 12.9. The second-order valence-corrected chi connectivity index (χ2v) is 6.91. The second kappa shape index (κ2) is 7.81. The minimum absolute atomic E-state index is 0.0245. The van der Waals surface area contributed by atoms with Crippen LogP contribution in [-0.2, 0) is 4.79 Å². The molecule has 2 rings (SSSR count). The van der Waals surface area contributed by atoms with Gasteiger partial charge in [-0.3, -0.25) is 0 Å². The first-order chi connectivity index (χ1) is 11.3. The van der Waals surface area contributed by atoms with Gasteiger partial charge in [0.1, 0.15) is 17.1 Å². The summed E-state index contributed by atoms with van der Waals surface area (Å²) < 4.78 is 12.1. The molecular formula is C17H14Br2O5. The van der Waals surface area contributed by atoms with Crippen molar-refractivity contribution >= 4 is 43.8 Å². The minimum atomic E-state index is -1.18. The third kappa shape index (κ3) is 4.58. The highest BCUT2D eigenvalue weighted by molar-refractivity contribution is 9.10. The number of benzene rings is 2. The summed E-state index contributed by atoms with van der Waals surface area (Å²) in [6.45, 7) is 3.42. The van der Waals surface area contributed by atoms with Crippen molar-refractivity contribution in [2.24, 2.45) is 0 Å². The van der Waals surface area contributed by atoms with Crippen molar-refractivity contribution in [3.8, 4) is 11.5 Å². The number of hydrogen-bond acceptors (Lipinski definition) is 4. The van der Waals surface area contributed by atoms with E-state index >= 15 is 0 Å². The van der Waals surface area contributed by atoms with Crippen LogP contribution in [0.1, 0.15) is 21.5 Å². The molecule has 0 saturated carbocycles. The number of aryl methyl sites for hydroxylation is 2. The van der Waals surface area contributed by atoms with Gasteiger partial charge in [0.2, 0.25) is 0 Å². The molecule has 0 heterocycles. The number of rotatable bonds is 5. The van der Waals surface area contributed by atoms with Gasteiger partial charge in [0, 0.05) is 8.95 Å². The standard InChI is InChI=1S/C17H14Br2O5/c1-9-5-12(19)6-10(2)16(9)23-8-15(20)24-14-4-3-11(18)7-13(14)17(21)22/h3-7H,8H2,1-2H3,(H,21,22). The van der Waals surface area contributed by atoms with Crippen LogP contribution in [0.15, 0.2) is 39.3 Å². The molecule has 24 heavy (non-hydrogen) atoms. The topological polar surface area (TPSA) is 72.8 Å². The molecule has 0 spiro atoms. The highest BCUT2D eigenvalue weighted by atomic mass is 79.9. The molecule has 0 aromatic heterocycles. The first kappa shape index (κ1) is 18.5. The zero-order valence-corrected chi connectivity index (χ0v) is 16.1. The predicted molar refractivity (Wildman–Crippen MR) is 95.8 cm³/mol. The Labute approximate surface area is 155 Å². The second-order valence-electron chi connectivity index (χ2n) is 5.08. The van der Waals surface area contributed by atoms with Crippen molar-refractivity contribution in [2.75, 3.05) is 6.61 Å². The van der Waals surface area contributed by atoms with Crippen molar-refractivity contribution in [3.63, 3.8) is 0 Å². The number of carbonyl (C=O) groups is 2. The molecule has 1 N–H and O–H groups in total. The molecule has 0 saturated heterocycles. The average Bonchev–Trinajstić information content (AvgIpc) is 2.47. The Kier molecular flexibility index (Phi) is 6.01. The van der Waals surface area contributed by atoms with Crippen LogP contribution in [0.4, 0.5) is 0 Å². The number of hydrogen-bond donors (Lipinski definition) is 1. The molecule has 0 aliphatic rings. The van der Waals surface area contributed by atoms with E-state index in [1.54, 1.807) is 6.07 Å². The van der Waals surface area contributed by atoms with Crippen LogP contribution in [0.25, 0.3) is 0 Å². The van der Waals surface area contributed by atoms with Gasteiger partial charge in [0.15, 0.2) is 6.61 Å². The summed E-state index contributed by atoms with van der Waals surface area (Å²) in [7, 11) is 0. The number of esters is 1. The van der Waals surface area contributed by atoms with Crippen molar-refractivity contribution < 1.29 is 24.2 Å². The Hall–Kier alpha value is -1.86. The van der Waals surface area contributed by atoms with Crippen LogP contribution in [-0.4, -0.2) is 23.7 Å². The molecule has 0 radical (unpaired) electrons. The molecular weight excluding hydrogens is 444 g/mol. The predicted octanol–water partition coefficient (Wildman–Crippen LogP) is 4.51. The molecule has 0 atom stereocenters. The van der Waals surface area contributed by atoms with Gasteiger partial charge < -0.3 is 14.6 Å². The summed E-state index contributed by atoms with van der Waals surface area (Å²) in [6.07, 6.45) is 0. The number of halogens is 2. The summed E-state index contributed by atoms with van der Waals surface area (Å²) in [4.78, 5) is 23.2. The van der Waals surface area contributed by atoms with Gasteiger partial charge in [0.25, 0.3) is 0 Å². The Balaban J connectivity index is 2.09. The van der Waals surface area contributed by atoms with E-state index in [0.29, 0.717) is 10.2 Å². The molecule has 0 fully saturated rings. The Morgan fingerprint density at radius 3 is 2.25 bits per heavy atom. The number of carboxylic acids is 1. The summed E-state index contributed by atoms with van der Waals surface area (Å²) >= 11 is 6.57. The first-order valence-corrected chi connectivity index (χ1v) is 8.49. The van der Waals surface area contributed by atoms with E-state index in [1.807, 2.05) is 26.0 Å². The molecule has 2 aromatic carbocycles. The van der Waals surface area contributed by atoms with Crippen LogP contribution in [0.5, 0.6) is 11.5 Å². The normalized spacial score (nSPS) is 10.3. The van der Waals surface area contributed by atoms with E-state index in [4.69, 9.17) is 14.6 Å². The molecule has 0 amide bonds. The molecule has 0 aliphatic heterocycles. The van der Waals surface area contributed by atoms with E-state index < -0.39 is 11.9 Å². The summed E-state index contributed by atoms with van der Waals surface area (Å²) in [6, 6.07) is 8.14. The zero-order chi connectivity index (χ0) is 17.9. The first-order valence-electron chi connectivity index (χ1n) is 6.91. The van der Waals surface area contributed by atoms with Crippen molar-refractivity contribution in [1.29, 1.82) is 0 Å². The van der Waals surface area contributed by atoms with Crippen LogP contribution in [0.2, 0.25) is 0 Å². The summed E-state index contributed by atoms with van der Waals surface area (Å²) in [5.74, 6) is -1.28. The Bertz CT molecular complexity index is 779. The lowest BCUT2D eigenvalue weighted by molar-refractivity contribution is -0.136. The van der Waals surface area contributed by atoms with Crippen molar-refractivity contribution in [1.82, 2.24) is 0 Å². The Morgan fingerprint density at radius 1 is 1.04 bits per heavy atom. The molecule has 7 heteroatoms. The monoisotopic (exact) mass is 456 g/mol. The molecule has 0 unspecified atom stereocenters. The SMILES string of the molecule is Cc1cc(Br)cc(C)c1OCC(=O)Oc1ccc(Br)cc1C(=O)O. The van der Waals surface area contributed by atoms with Gasteiger partial charge >= 0.3 is 11.9 Å². The number of ether oxygens (including phenoxy) is 2. The number of aromatic carboxylic acids is 1. The fourth-order valence-electron chi connectivity index (χ4n) is 2.17. The Morgan fingerprint density at radius 2 is 1.67 bits per heavy atom. The van der Waals surface area contributed by atoms with Gasteiger partial charge in [-0.2, -0.15) is 0 Å². The maximum atomic E-state index is 12.0. The van der Waals surface area contributed by atoms with Gasteiger partial charge in [-0.25, -0.2) is 9.59 Å². The molecule has 0 bridgehead atoms. The minimum Gasteiger partial charge on any atom is -0.481 e. The third-order valence-electron chi connectivity index (χ3n) is 3.16. The molecule has 0 aliphatic carbocycles. The van der Waals surface area contributed by atoms with Gasteiger partial charge in [0.05, 0.1) is 0 Å². The maximum absolute atomic E-state index is 12.0.